The van der Waals surface area contributed by atoms with Crippen molar-refractivity contribution in [3.8, 4) is 0 Å². The first-order chi connectivity index (χ1) is 9.19. The Hall–Kier alpha value is 0.310. The van der Waals surface area contributed by atoms with Gasteiger partial charge in [0.25, 0.3) is 0 Å². The van der Waals surface area contributed by atoms with Gasteiger partial charge in [-0.1, -0.05) is 33.1 Å². The molecule has 1 aliphatic heterocycles. The van der Waals surface area contributed by atoms with Gasteiger partial charge < -0.3 is 5.32 Å². The summed E-state index contributed by atoms with van der Waals surface area (Å²) in [5.41, 5.74) is 0. The van der Waals surface area contributed by atoms with Crippen LogP contribution >= 0.6 is 11.8 Å². The van der Waals surface area contributed by atoms with Gasteiger partial charge in [0, 0.05) is 10.8 Å². The van der Waals surface area contributed by atoms with E-state index in [1.54, 1.807) is 0 Å². The Morgan fingerprint density at radius 2 is 1.95 bits per heavy atom. The molecule has 0 bridgehead atoms. The van der Waals surface area contributed by atoms with E-state index in [1.807, 2.05) is 0 Å². The maximum Gasteiger partial charge on any atom is 0.0287 e. The van der Waals surface area contributed by atoms with Crippen molar-refractivity contribution in [2.24, 2.45) is 11.8 Å². The van der Waals surface area contributed by atoms with E-state index in [2.05, 4.69) is 37.8 Å². The molecule has 1 heterocycles. The molecule has 2 aliphatic rings. The minimum Gasteiger partial charge on any atom is -0.312 e. The first-order valence-electron chi connectivity index (χ1n) is 8.57. The van der Waals surface area contributed by atoms with Crippen LogP contribution in [0, 0.1) is 11.8 Å². The molecule has 0 aromatic rings. The van der Waals surface area contributed by atoms with Crippen molar-refractivity contribution in [2.75, 3.05) is 12.3 Å². The molecule has 2 heteroatoms. The van der Waals surface area contributed by atoms with Crippen LogP contribution in [-0.2, 0) is 0 Å². The third-order valence-electron chi connectivity index (χ3n) is 5.46. The summed E-state index contributed by atoms with van der Waals surface area (Å²) in [5.74, 6) is 3.34. The molecule has 2 fully saturated rings. The lowest BCUT2D eigenvalue weighted by atomic mass is 9.73. The quantitative estimate of drug-likeness (QED) is 0.747. The lowest BCUT2D eigenvalue weighted by molar-refractivity contribution is 0.192. The number of rotatable bonds is 6. The van der Waals surface area contributed by atoms with Gasteiger partial charge in [-0.3, -0.25) is 0 Å². The second-order valence-electron chi connectivity index (χ2n) is 6.89. The summed E-state index contributed by atoms with van der Waals surface area (Å²) in [6.07, 6.45) is 11.4. The van der Waals surface area contributed by atoms with Crippen LogP contribution in [0.2, 0.25) is 0 Å². The summed E-state index contributed by atoms with van der Waals surface area (Å²) in [6, 6.07) is 0.762. The van der Waals surface area contributed by atoms with Crippen LogP contribution in [-0.4, -0.2) is 23.1 Å². The van der Waals surface area contributed by atoms with Crippen molar-refractivity contribution in [3.63, 3.8) is 0 Å². The van der Waals surface area contributed by atoms with Crippen LogP contribution in [0.1, 0.15) is 72.1 Å². The highest BCUT2D eigenvalue weighted by atomic mass is 32.2. The van der Waals surface area contributed by atoms with Crippen LogP contribution in [0.25, 0.3) is 0 Å². The van der Waals surface area contributed by atoms with E-state index < -0.39 is 0 Å². The highest BCUT2D eigenvalue weighted by Crippen LogP contribution is 2.46. The Kier molecular flexibility index (Phi) is 6.08. The minimum absolute atomic E-state index is 0.513. The van der Waals surface area contributed by atoms with E-state index in [0.717, 1.165) is 17.9 Å². The Labute approximate surface area is 124 Å². The summed E-state index contributed by atoms with van der Waals surface area (Å²) in [6.45, 7) is 8.40. The van der Waals surface area contributed by atoms with E-state index in [9.17, 15) is 0 Å². The SMILES string of the molecule is CCCNC(C1CCC(CC)CC1)C1(C)CCCS1. The average Bonchev–Trinajstić information content (AvgIpc) is 2.87. The van der Waals surface area contributed by atoms with Crippen LogP contribution < -0.4 is 5.32 Å². The van der Waals surface area contributed by atoms with Crippen LogP contribution in [0.5, 0.6) is 0 Å². The van der Waals surface area contributed by atoms with E-state index in [-0.39, 0.29) is 0 Å². The highest BCUT2D eigenvalue weighted by Gasteiger charge is 2.42. The molecule has 0 amide bonds. The molecule has 0 aromatic carbocycles. The fourth-order valence-corrected chi connectivity index (χ4v) is 5.66. The molecule has 1 saturated heterocycles. The second kappa shape index (κ2) is 7.36. The second-order valence-corrected chi connectivity index (χ2v) is 8.52. The predicted molar refractivity (Wildman–Crippen MR) is 87.9 cm³/mol. The summed E-state index contributed by atoms with van der Waals surface area (Å²) in [4.78, 5) is 0. The van der Waals surface area contributed by atoms with Crippen molar-refractivity contribution in [1.82, 2.24) is 5.32 Å². The average molecular weight is 284 g/mol. The van der Waals surface area contributed by atoms with Crippen molar-refractivity contribution < 1.29 is 0 Å². The number of nitrogens with one attached hydrogen (secondary N) is 1. The third-order valence-corrected chi connectivity index (χ3v) is 7.07. The normalized spacial score (nSPS) is 37.4. The number of hydrogen-bond acceptors (Lipinski definition) is 2. The van der Waals surface area contributed by atoms with Gasteiger partial charge in [0.05, 0.1) is 0 Å². The Bertz CT molecular complexity index is 252. The molecule has 1 nitrogen and oxygen atoms in total. The maximum atomic E-state index is 3.93. The van der Waals surface area contributed by atoms with Crippen LogP contribution in [0.3, 0.4) is 0 Å². The molecule has 0 aromatic heterocycles. The van der Waals surface area contributed by atoms with E-state index in [0.29, 0.717) is 4.75 Å². The zero-order valence-electron chi connectivity index (χ0n) is 13.2. The van der Waals surface area contributed by atoms with E-state index in [1.165, 1.54) is 63.7 Å². The third kappa shape index (κ3) is 3.91. The fourth-order valence-electron chi connectivity index (χ4n) is 4.16. The molecule has 112 valence electrons. The molecule has 1 N–H and O–H groups in total. The monoisotopic (exact) mass is 283 g/mol. The molecule has 2 unspecified atom stereocenters. The number of thioether (sulfide) groups is 1. The van der Waals surface area contributed by atoms with Gasteiger partial charge in [-0.2, -0.15) is 11.8 Å². The van der Waals surface area contributed by atoms with Crippen LogP contribution in [0.15, 0.2) is 0 Å². The molecule has 1 aliphatic carbocycles. The Balaban J connectivity index is 1.97. The van der Waals surface area contributed by atoms with Gasteiger partial charge in [-0.15, -0.1) is 0 Å². The molecule has 2 rings (SSSR count). The minimum atomic E-state index is 0.513. The zero-order valence-corrected chi connectivity index (χ0v) is 14.0. The number of hydrogen-bond donors (Lipinski definition) is 1. The lowest BCUT2D eigenvalue weighted by Crippen LogP contribution is -2.51. The first kappa shape index (κ1) is 15.7. The van der Waals surface area contributed by atoms with Crippen LogP contribution in [0.4, 0.5) is 0 Å². The van der Waals surface area contributed by atoms with Crippen molar-refractivity contribution in [3.05, 3.63) is 0 Å². The molecule has 0 radical (unpaired) electrons. The Morgan fingerprint density at radius 3 is 2.47 bits per heavy atom. The highest BCUT2D eigenvalue weighted by molar-refractivity contribution is 8.00. The fraction of sp³-hybridized carbons (Fsp3) is 1.00. The maximum absolute atomic E-state index is 3.93. The van der Waals surface area contributed by atoms with Gasteiger partial charge in [0.1, 0.15) is 0 Å². The standard InChI is InChI=1S/C17H33NS/c1-4-12-18-16(17(3)11-6-13-19-17)15-9-7-14(5-2)8-10-15/h14-16,18H,4-13H2,1-3H3. The van der Waals surface area contributed by atoms with Crippen molar-refractivity contribution >= 4 is 11.8 Å². The van der Waals surface area contributed by atoms with Crippen molar-refractivity contribution in [1.29, 1.82) is 0 Å². The Morgan fingerprint density at radius 1 is 1.21 bits per heavy atom. The van der Waals surface area contributed by atoms with Gasteiger partial charge in [-0.05, 0) is 63.2 Å². The zero-order chi connectivity index (χ0) is 13.7. The smallest absolute Gasteiger partial charge is 0.0287 e. The molecule has 0 spiro atoms. The van der Waals surface area contributed by atoms with Crippen molar-refractivity contribution in [2.45, 2.75) is 82.9 Å². The van der Waals surface area contributed by atoms with Gasteiger partial charge in [0.2, 0.25) is 0 Å². The summed E-state index contributed by atoms with van der Waals surface area (Å²) >= 11 is 2.24. The summed E-state index contributed by atoms with van der Waals surface area (Å²) in [7, 11) is 0. The molecule has 1 saturated carbocycles. The first-order valence-corrected chi connectivity index (χ1v) is 9.55. The largest absolute Gasteiger partial charge is 0.312 e. The molecular formula is C17H33NS. The predicted octanol–water partition coefficient (Wildman–Crippen LogP) is 4.86. The lowest BCUT2D eigenvalue weighted by Gasteiger charge is -2.42. The summed E-state index contributed by atoms with van der Waals surface area (Å²) < 4.78 is 0.513. The summed E-state index contributed by atoms with van der Waals surface area (Å²) in [5, 5.41) is 3.93. The molecule has 2 atom stereocenters. The van der Waals surface area contributed by atoms with Gasteiger partial charge in [0.15, 0.2) is 0 Å². The van der Waals surface area contributed by atoms with Gasteiger partial charge in [-0.25, -0.2) is 0 Å². The topological polar surface area (TPSA) is 12.0 Å². The molecule has 19 heavy (non-hydrogen) atoms. The molecular weight excluding hydrogens is 250 g/mol. The van der Waals surface area contributed by atoms with E-state index in [4.69, 9.17) is 0 Å². The van der Waals surface area contributed by atoms with E-state index >= 15 is 0 Å². The van der Waals surface area contributed by atoms with Gasteiger partial charge >= 0.3 is 0 Å².